The van der Waals surface area contributed by atoms with Crippen molar-refractivity contribution in [1.29, 1.82) is 0 Å². The smallest absolute Gasteiger partial charge is 0.408 e. The van der Waals surface area contributed by atoms with E-state index in [0.29, 0.717) is 19.5 Å². The lowest BCUT2D eigenvalue weighted by Gasteiger charge is -2.39. The van der Waals surface area contributed by atoms with Gasteiger partial charge in [0, 0.05) is 18.4 Å². The fourth-order valence-corrected chi connectivity index (χ4v) is 4.40. The zero-order valence-electron chi connectivity index (χ0n) is 15.8. The molecule has 0 aromatic heterocycles. The molecule has 2 aromatic carbocycles. The normalized spacial score (nSPS) is 23.5. The van der Waals surface area contributed by atoms with Crippen molar-refractivity contribution in [3.8, 4) is 11.1 Å². The molecule has 0 bridgehead atoms. The van der Waals surface area contributed by atoms with Crippen LogP contribution in [-0.4, -0.2) is 42.4 Å². The van der Waals surface area contributed by atoms with Gasteiger partial charge in [0.15, 0.2) is 0 Å². The predicted octanol–water partition coefficient (Wildman–Crippen LogP) is 2.98. The van der Waals surface area contributed by atoms with Gasteiger partial charge in [-0.05, 0) is 35.2 Å². The van der Waals surface area contributed by atoms with Gasteiger partial charge < -0.3 is 20.5 Å². The summed E-state index contributed by atoms with van der Waals surface area (Å²) in [6.45, 7) is 3.07. The number of hydrogen-bond donors (Lipinski definition) is 3. The van der Waals surface area contributed by atoms with Crippen LogP contribution < -0.4 is 10.6 Å². The fourth-order valence-electron chi connectivity index (χ4n) is 4.40. The molecule has 0 spiro atoms. The van der Waals surface area contributed by atoms with Gasteiger partial charge in [-0.2, -0.15) is 0 Å². The van der Waals surface area contributed by atoms with Crippen LogP contribution in [0.15, 0.2) is 48.5 Å². The number of rotatable bonds is 4. The molecule has 1 aliphatic heterocycles. The minimum Gasteiger partial charge on any atom is -0.479 e. The molecular weight excluding hydrogens is 356 g/mol. The summed E-state index contributed by atoms with van der Waals surface area (Å²) in [5, 5.41) is 15.6. The number of nitrogens with one attached hydrogen (secondary N) is 2. The number of fused-ring (bicyclic) bond motifs is 3. The monoisotopic (exact) mass is 380 g/mol. The number of ether oxygens (including phenoxy) is 1. The minimum atomic E-state index is -1.30. The molecule has 6 heteroatoms. The first kappa shape index (κ1) is 18.5. The Hall–Kier alpha value is -2.86. The second kappa shape index (κ2) is 7.28. The maximum atomic E-state index is 12.5. The molecule has 2 aliphatic rings. The summed E-state index contributed by atoms with van der Waals surface area (Å²) in [6, 6.07) is 16.2. The van der Waals surface area contributed by atoms with Gasteiger partial charge in [-0.1, -0.05) is 55.5 Å². The van der Waals surface area contributed by atoms with Gasteiger partial charge in [0.25, 0.3) is 0 Å². The van der Waals surface area contributed by atoms with Crippen LogP contribution in [0.25, 0.3) is 11.1 Å². The average molecular weight is 380 g/mol. The maximum absolute atomic E-state index is 12.5. The summed E-state index contributed by atoms with van der Waals surface area (Å²) in [5.74, 6) is -1.31. The Bertz CT molecular complexity index is 867. The second-order valence-electron chi connectivity index (χ2n) is 7.58. The third-order valence-electron chi connectivity index (χ3n) is 6.04. The van der Waals surface area contributed by atoms with E-state index in [2.05, 4.69) is 34.9 Å². The van der Waals surface area contributed by atoms with E-state index in [1.54, 1.807) is 0 Å². The van der Waals surface area contributed by atoms with Gasteiger partial charge in [-0.15, -0.1) is 0 Å². The summed E-state index contributed by atoms with van der Waals surface area (Å²) in [6.07, 6.45) is -0.355. The molecule has 1 saturated heterocycles. The van der Waals surface area contributed by atoms with E-state index < -0.39 is 17.6 Å². The number of alkyl carbamates (subject to hydrolysis) is 1. The minimum absolute atomic E-state index is 0.0515. The number of benzene rings is 2. The lowest BCUT2D eigenvalue weighted by molar-refractivity contribution is -0.148. The third-order valence-corrected chi connectivity index (χ3v) is 6.04. The largest absolute Gasteiger partial charge is 0.479 e. The predicted molar refractivity (Wildman–Crippen MR) is 105 cm³/mol. The lowest BCUT2D eigenvalue weighted by atomic mass is 9.79. The summed E-state index contributed by atoms with van der Waals surface area (Å²) >= 11 is 0. The van der Waals surface area contributed by atoms with Crippen molar-refractivity contribution >= 4 is 12.1 Å². The molecule has 1 aliphatic carbocycles. The van der Waals surface area contributed by atoms with Gasteiger partial charge in [0.05, 0.1) is 0 Å². The van der Waals surface area contributed by atoms with Crippen molar-refractivity contribution in [1.82, 2.24) is 10.6 Å². The van der Waals surface area contributed by atoms with Gasteiger partial charge >= 0.3 is 12.1 Å². The van der Waals surface area contributed by atoms with E-state index in [-0.39, 0.29) is 18.4 Å². The molecule has 1 amide bonds. The topological polar surface area (TPSA) is 87.7 Å². The molecule has 0 radical (unpaired) electrons. The molecule has 1 heterocycles. The van der Waals surface area contributed by atoms with Gasteiger partial charge in [-0.3, -0.25) is 0 Å². The SMILES string of the molecule is CC1CNCCC1(NC(=O)OCC1c2ccccc2-c2ccccc21)C(=O)O. The Morgan fingerprint density at radius 3 is 2.32 bits per heavy atom. The number of carbonyl (C=O) groups excluding carboxylic acids is 1. The van der Waals surface area contributed by atoms with Crippen molar-refractivity contribution in [2.75, 3.05) is 19.7 Å². The lowest BCUT2D eigenvalue weighted by Crippen LogP contribution is -2.64. The number of hydrogen-bond acceptors (Lipinski definition) is 4. The van der Waals surface area contributed by atoms with E-state index in [1.165, 1.54) is 0 Å². The van der Waals surface area contributed by atoms with Crippen LogP contribution in [0.4, 0.5) is 4.79 Å². The highest BCUT2D eigenvalue weighted by atomic mass is 16.5. The molecule has 3 N–H and O–H groups in total. The Morgan fingerprint density at radius 2 is 1.75 bits per heavy atom. The molecule has 2 unspecified atom stereocenters. The first-order chi connectivity index (χ1) is 13.5. The summed E-state index contributed by atoms with van der Waals surface area (Å²) in [7, 11) is 0. The van der Waals surface area contributed by atoms with Crippen molar-refractivity contribution in [2.24, 2.45) is 5.92 Å². The van der Waals surface area contributed by atoms with Gasteiger partial charge in [0.1, 0.15) is 12.1 Å². The standard InChI is InChI=1S/C22H24N2O4/c1-14-12-23-11-10-22(14,20(25)26)24-21(27)28-13-19-17-8-4-2-6-15(17)16-7-3-5-9-18(16)19/h2-9,14,19,23H,10-13H2,1H3,(H,24,27)(H,25,26). The Balaban J connectivity index is 1.50. The zero-order valence-corrected chi connectivity index (χ0v) is 15.8. The quantitative estimate of drug-likeness (QED) is 0.759. The molecule has 2 atom stereocenters. The molecule has 1 fully saturated rings. The molecule has 146 valence electrons. The van der Waals surface area contributed by atoms with Crippen molar-refractivity contribution < 1.29 is 19.4 Å². The maximum Gasteiger partial charge on any atom is 0.408 e. The van der Waals surface area contributed by atoms with Crippen molar-refractivity contribution in [2.45, 2.75) is 24.8 Å². The van der Waals surface area contributed by atoms with Crippen molar-refractivity contribution in [3.63, 3.8) is 0 Å². The molecule has 6 nitrogen and oxygen atoms in total. The zero-order chi connectivity index (χ0) is 19.7. The van der Waals surface area contributed by atoms with Crippen LogP contribution in [0.3, 0.4) is 0 Å². The fraction of sp³-hybridized carbons (Fsp3) is 0.364. The third kappa shape index (κ3) is 3.03. The Labute approximate surface area is 163 Å². The average Bonchev–Trinajstić information content (AvgIpc) is 3.02. The van der Waals surface area contributed by atoms with Gasteiger partial charge in [0.2, 0.25) is 0 Å². The highest BCUT2D eigenvalue weighted by Gasteiger charge is 2.47. The molecule has 4 rings (SSSR count). The van der Waals surface area contributed by atoms with Gasteiger partial charge in [-0.25, -0.2) is 9.59 Å². The first-order valence-electron chi connectivity index (χ1n) is 9.60. The van der Waals surface area contributed by atoms with E-state index in [9.17, 15) is 14.7 Å². The summed E-state index contributed by atoms with van der Waals surface area (Å²) in [4.78, 5) is 24.4. The highest BCUT2D eigenvalue weighted by Crippen LogP contribution is 2.44. The van der Waals surface area contributed by atoms with Crippen LogP contribution in [0.1, 0.15) is 30.4 Å². The first-order valence-corrected chi connectivity index (χ1v) is 9.60. The van der Waals surface area contributed by atoms with E-state index >= 15 is 0 Å². The second-order valence-corrected chi connectivity index (χ2v) is 7.58. The Morgan fingerprint density at radius 1 is 1.14 bits per heavy atom. The van der Waals surface area contributed by atoms with Crippen LogP contribution >= 0.6 is 0 Å². The van der Waals surface area contributed by atoms with Crippen LogP contribution in [0.2, 0.25) is 0 Å². The number of aliphatic carboxylic acids is 1. The number of piperidine rings is 1. The van der Waals surface area contributed by atoms with Crippen molar-refractivity contribution in [3.05, 3.63) is 59.7 Å². The van der Waals surface area contributed by atoms with E-state index in [4.69, 9.17) is 4.74 Å². The van der Waals surface area contributed by atoms with E-state index in [0.717, 1.165) is 22.3 Å². The van der Waals surface area contributed by atoms with Crippen LogP contribution in [-0.2, 0) is 9.53 Å². The van der Waals surface area contributed by atoms with Crippen LogP contribution in [0, 0.1) is 5.92 Å². The molecule has 2 aromatic rings. The number of carboxylic acids is 1. The molecule has 0 saturated carbocycles. The summed E-state index contributed by atoms with van der Waals surface area (Å²) < 4.78 is 5.53. The summed E-state index contributed by atoms with van der Waals surface area (Å²) in [5.41, 5.74) is 3.26. The number of carboxylic acid groups (broad SMARTS) is 1. The molecular formula is C22H24N2O4. The highest BCUT2D eigenvalue weighted by molar-refractivity contribution is 5.85. The van der Waals surface area contributed by atoms with E-state index in [1.807, 2.05) is 31.2 Å². The number of amides is 1. The molecule has 28 heavy (non-hydrogen) atoms. The number of carbonyl (C=O) groups is 2. The Kier molecular flexibility index (Phi) is 4.81. The van der Waals surface area contributed by atoms with Crippen LogP contribution in [0.5, 0.6) is 0 Å².